The lowest BCUT2D eigenvalue weighted by atomic mass is 10.1. The molecule has 0 aliphatic carbocycles. The quantitative estimate of drug-likeness (QED) is 0.785. The number of rotatable bonds is 6. The van der Waals surface area contributed by atoms with Crippen molar-refractivity contribution in [1.29, 1.82) is 0 Å². The Morgan fingerprint density at radius 2 is 2.10 bits per heavy atom. The van der Waals surface area contributed by atoms with E-state index in [4.69, 9.17) is 4.74 Å². The van der Waals surface area contributed by atoms with Gasteiger partial charge in [0.15, 0.2) is 0 Å². The Kier molecular flexibility index (Phi) is 6.45. The average molecular weight is 279 g/mol. The molecule has 0 fully saturated rings. The maximum Gasteiger partial charge on any atom is 0.407 e. The van der Waals surface area contributed by atoms with Gasteiger partial charge in [-0.25, -0.2) is 4.79 Å². The van der Waals surface area contributed by atoms with E-state index < -0.39 is 5.60 Å². The maximum absolute atomic E-state index is 11.4. The zero-order valence-corrected chi connectivity index (χ0v) is 12.8. The third-order valence-electron chi connectivity index (χ3n) is 2.66. The van der Waals surface area contributed by atoms with E-state index in [1.54, 1.807) is 6.20 Å². The first-order chi connectivity index (χ1) is 9.38. The molecule has 1 rings (SSSR count). The van der Waals surface area contributed by atoms with Gasteiger partial charge in [0.25, 0.3) is 0 Å². The summed E-state index contributed by atoms with van der Waals surface area (Å²) in [5.41, 5.74) is 1.99. The monoisotopic (exact) mass is 279 g/mol. The third-order valence-corrected chi connectivity index (χ3v) is 2.66. The SMILES string of the molecule is Cc1ccncc1CNCCCNC(=O)OC(C)(C)C. The first-order valence-electron chi connectivity index (χ1n) is 6.95. The second kappa shape index (κ2) is 7.85. The fraction of sp³-hybridized carbons (Fsp3) is 0.600. The Morgan fingerprint density at radius 1 is 1.35 bits per heavy atom. The molecule has 0 atom stereocenters. The summed E-state index contributed by atoms with van der Waals surface area (Å²) in [5.74, 6) is 0. The molecule has 0 saturated heterocycles. The lowest BCUT2D eigenvalue weighted by Gasteiger charge is -2.19. The van der Waals surface area contributed by atoms with Crippen molar-refractivity contribution in [2.75, 3.05) is 13.1 Å². The van der Waals surface area contributed by atoms with E-state index in [1.807, 2.05) is 33.0 Å². The molecule has 0 aliphatic heterocycles. The predicted octanol–water partition coefficient (Wildman–Crippen LogP) is 2.39. The Hall–Kier alpha value is -1.62. The molecule has 0 radical (unpaired) electrons. The highest BCUT2D eigenvalue weighted by Crippen LogP contribution is 2.06. The van der Waals surface area contributed by atoms with Crippen molar-refractivity contribution in [2.24, 2.45) is 0 Å². The minimum absolute atomic E-state index is 0.361. The molecule has 1 aromatic heterocycles. The van der Waals surface area contributed by atoms with Crippen LogP contribution in [0.1, 0.15) is 38.3 Å². The van der Waals surface area contributed by atoms with Crippen LogP contribution >= 0.6 is 0 Å². The number of carbonyl (C=O) groups is 1. The van der Waals surface area contributed by atoms with Crippen LogP contribution in [-0.4, -0.2) is 29.8 Å². The number of hydrogen-bond donors (Lipinski definition) is 2. The van der Waals surface area contributed by atoms with Crippen LogP contribution in [0.2, 0.25) is 0 Å². The Balaban J connectivity index is 2.08. The van der Waals surface area contributed by atoms with Crippen molar-refractivity contribution in [2.45, 2.75) is 46.3 Å². The molecule has 1 aromatic rings. The molecule has 1 heterocycles. The van der Waals surface area contributed by atoms with Crippen LogP contribution in [0, 0.1) is 6.92 Å². The lowest BCUT2D eigenvalue weighted by molar-refractivity contribution is 0.0527. The molecule has 0 unspecified atom stereocenters. The number of nitrogens with zero attached hydrogens (tertiary/aromatic N) is 1. The summed E-state index contributed by atoms with van der Waals surface area (Å²) in [4.78, 5) is 15.5. The number of hydrogen-bond acceptors (Lipinski definition) is 4. The highest BCUT2D eigenvalue weighted by molar-refractivity contribution is 5.67. The zero-order chi connectivity index (χ0) is 15.0. The summed E-state index contributed by atoms with van der Waals surface area (Å²) in [6.07, 6.45) is 4.17. The number of amides is 1. The molecule has 20 heavy (non-hydrogen) atoms. The van der Waals surface area contributed by atoms with Crippen LogP contribution < -0.4 is 10.6 Å². The Labute approximate surface area is 121 Å². The van der Waals surface area contributed by atoms with E-state index in [0.717, 1.165) is 19.5 Å². The van der Waals surface area contributed by atoms with Crippen LogP contribution in [0.4, 0.5) is 4.79 Å². The molecule has 0 spiro atoms. The van der Waals surface area contributed by atoms with E-state index >= 15 is 0 Å². The van der Waals surface area contributed by atoms with Crippen molar-refractivity contribution in [3.05, 3.63) is 29.6 Å². The zero-order valence-electron chi connectivity index (χ0n) is 12.8. The van der Waals surface area contributed by atoms with Gasteiger partial charge in [-0.2, -0.15) is 0 Å². The van der Waals surface area contributed by atoms with Gasteiger partial charge in [0.05, 0.1) is 0 Å². The highest BCUT2D eigenvalue weighted by atomic mass is 16.6. The number of nitrogens with one attached hydrogen (secondary N) is 2. The topological polar surface area (TPSA) is 63.2 Å². The van der Waals surface area contributed by atoms with Gasteiger partial charge >= 0.3 is 6.09 Å². The van der Waals surface area contributed by atoms with Gasteiger partial charge in [-0.05, 0) is 57.9 Å². The van der Waals surface area contributed by atoms with Gasteiger partial charge in [0.2, 0.25) is 0 Å². The number of alkyl carbamates (subject to hydrolysis) is 1. The van der Waals surface area contributed by atoms with Crippen molar-refractivity contribution >= 4 is 6.09 Å². The van der Waals surface area contributed by atoms with Crippen LogP contribution in [0.15, 0.2) is 18.5 Å². The van der Waals surface area contributed by atoms with Gasteiger partial charge in [-0.15, -0.1) is 0 Å². The predicted molar refractivity (Wildman–Crippen MR) is 79.5 cm³/mol. The molecule has 5 nitrogen and oxygen atoms in total. The largest absolute Gasteiger partial charge is 0.444 e. The van der Waals surface area contributed by atoms with Crippen molar-refractivity contribution in [3.8, 4) is 0 Å². The highest BCUT2D eigenvalue weighted by Gasteiger charge is 2.15. The van der Waals surface area contributed by atoms with E-state index in [-0.39, 0.29) is 6.09 Å². The molecule has 5 heteroatoms. The third kappa shape index (κ3) is 7.09. The summed E-state index contributed by atoms with van der Waals surface area (Å²) in [5, 5.41) is 6.07. The molecule has 2 N–H and O–H groups in total. The summed E-state index contributed by atoms with van der Waals surface area (Å²) >= 11 is 0. The molecule has 1 amide bonds. The van der Waals surface area contributed by atoms with Gasteiger partial charge in [-0.3, -0.25) is 4.98 Å². The summed E-state index contributed by atoms with van der Waals surface area (Å²) in [7, 11) is 0. The molecule has 112 valence electrons. The Bertz CT molecular complexity index is 427. The van der Waals surface area contributed by atoms with Crippen molar-refractivity contribution < 1.29 is 9.53 Å². The van der Waals surface area contributed by atoms with E-state index in [0.29, 0.717) is 6.54 Å². The second-order valence-electron chi connectivity index (χ2n) is 5.76. The summed E-state index contributed by atoms with van der Waals surface area (Å²) in [6.45, 7) is 9.87. The molecule has 0 aliphatic rings. The molecular weight excluding hydrogens is 254 g/mol. The minimum Gasteiger partial charge on any atom is -0.444 e. The first-order valence-corrected chi connectivity index (χ1v) is 6.95. The average Bonchev–Trinajstić information content (AvgIpc) is 2.33. The van der Waals surface area contributed by atoms with Crippen LogP contribution in [0.5, 0.6) is 0 Å². The molecular formula is C15H25N3O2. The van der Waals surface area contributed by atoms with Crippen molar-refractivity contribution in [3.63, 3.8) is 0 Å². The van der Waals surface area contributed by atoms with Crippen LogP contribution in [0.25, 0.3) is 0 Å². The van der Waals surface area contributed by atoms with E-state index in [2.05, 4.69) is 22.5 Å². The van der Waals surface area contributed by atoms with Crippen LogP contribution in [0.3, 0.4) is 0 Å². The van der Waals surface area contributed by atoms with Gasteiger partial charge < -0.3 is 15.4 Å². The standard InChI is InChI=1S/C15H25N3O2/c1-12-6-9-17-11-13(12)10-16-7-5-8-18-14(19)20-15(2,3)4/h6,9,11,16H,5,7-8,10H2,1-4H3,(H,18,19). The van der Waals surface area contributed by atoms with Crippen molar-refractivity contribution in [1.82, 2.24) is 15.6 Å². The Morgan fingerprint density at radius 3 is 2.75 bits per heavy atom. The number of pyridine rings is 1. The number of aromatic nitrogens is 1. The fourth-order valence-corrected chi connectivity index (χ4v) is 1.62. The lowest BCUT2D eigenvalue weighted by Crippen LogP contribution is -2.33. The van der Waals surface area contributed by atoms with Gasteiger partial charge in [0.1, 0.15) is 5.60 Å². The molecule has 0 bridgehead atoms. The molecule has 0 aromatic carbocycles. The second-order valence-corrected chi connectivity index (χ2v) is 5.76. The molecule has 0 saturated carbocycles. The van der Waals surface area contributed by atoms with E-state index in [1.165, 1.54) is 11.1 Å². The minimum atomic E-state index is -0.444. The smallest absolute Gasteiger partial charge is 0.407 e. The van der Waals surface area contributed by atoms with E-state index in [9.17, 15) is 4.79 Å². The normalized spacial score (nSPS) is 11.2. The fourth-order valence-electron chi connectivity index (χ4n) is 1.62. The summed E-state index contributed by atoms with van der Waals surface area (Å²) in [6, 6.07) is 2.00. The first kappa shape index (κ1) is 16.4. The van der Waals surface area contributed by atoms with Gasteiger partial charge in [0, 0.05) is 25.5 Å². The maximum atomic E-state index is 11.4. The van der Waals surface area contributed by atoms with Crippen LogP contribution in [-0.2, 0) is 11.3 Å². The summed E-state index contributed by atoms with van der Waals surface area (Å²) < 4.78 is 5.15. The van der Waals surface area contributed by atoms with Gasteiger partial charge in [-0.1, -0.05) is 0 Å². The number of carbonyl (C=O) groups excluding carboxylic acids is 1. The number of ether oxygens (including phenoxy) is 1. The number of aryl methyl sites for hydroxylation is 1.